The molecule has 4 heteroatoms. The Balaban J connectivity index is 1.66. The maximum atomic E-state index is 11.8. The molecule has 0 heterocycles. The number of anilines is 1. The number of benzene rings is 2. The van der Waals surface area contributed by atoms with Crippen LogP contribution in [0.15, 0.2) is 42.5 Å². The first-order valence-corrected chi connectivity index (χ1v) is 7.57. The van der Waals surface area contributed by atoms with Crippen LogP contribution in [0.4, 0.5) is 10.5 Å². The van der Waals surface area contributed by atoms with E-state index in [-0.39, 0.29) is 6.03 Å². The van der Waals surface area contributed by atoms with Crippen LogP contribution in [-0.4, -0.2) is 23.8 Å². The number of rotatable bonds is 4. The quantitative estimate of drug-likeness (QED) is 0.692. The molecular formula is C18H20N2O2. The zero-order valence-corrected chi connectivity index (χ0v) is 12.6. The maximum Gasteiger partial charge on any atom is 0.319 e. The van der Waals surface area contributed by atoms with Crippen molar-refractivity contribution in [2.24, 2.45) is 0 Å². The van der Waals surface area contributed by atoms with E-state index in [1.807, 2.05) is 12.1 Å². The average Bonchev–Trinajstić information content (AvgIpc) is 2.84. The second-order valence-corrected chi connectivity index (χ2v) is 5.72. The molecule has 0 bridgehead atoms. The van der Waals surface area contributed by atoms with Crippen LogP contribution in [0.3, 0.4) is 0 Å². The lowest BCUT2D eigenvalue weighted by atomic mass is 10.1. The molecule has 1 atom stereocenters. The summed E-state index contributed by atoms with van der Waals surface area (Å²) < 4.78 is 0. The fourth-order valence-corrected chi connectivity index (χ4v) is 2.79. The molecule has 3 N–H and O–H groups in total. The van der Waals surface area contributed by atoms with E-state index in [2.05, 4.69) is 41.0 Å². The lowest BCUT2D eigenvalue weighted by Crippen LogP contribution is -2.30. The van der Waals surface area contributed by atoms with Gasteiger partial charge >= 0.3 is 6.03 Å². The van der Waals surface area contributed by atoms with Gasteiger partial charge in [-0.2, -0.15) is 0 Å². The molecule has 0 aromatic heterocycles. The van der Waals surface area contributed by atoms with Gasteiger partial charge in [0.2, 0.25) is 0 Å². The molecule has 0 radical (unpaired) electrons. The maximum absolute atomic E-state index is 11.8. The standard InChI is InChI=1S/C18H20N2O2/c1-12(21)8-9-19-18(22)20-15-6-7-17-14(11-15)10-13-4-2-3-5-16(13)17/h2-7,11-12,21H,8-10H2,1H3,(H2,19,20,22). The van der Waals surface area contributed by atoms with Crippen molar-refractivity contribution in [3.63, 3.8) is 0 Å². The van der Waals surface area contributed by atoms with Gasteiger partial charge in [0.15, 0.2) is 0 Å². The van der Waals surface area contributed by atoms with E-state index < -0.39 is 6.10 Å². The molecule has 114 valence electrons. The van der Waals surface area contributed by atoms with Crippen LogP contribution in [0.2, 0.25) is 0 Å². The molecule has 1 unspecified atom stereocenters. The van der Waals surface area contributed by atoms with E-state index in [1.165, 1.54) is 22.3 Å². The third kappa shape index (κ3) is 3.12. The first kappa shape index (κ1) is 14.6. The number of carbonyl (C=O) groups is 1. The van der Waals surface area contributed by atoms with E-state index in [0.717, 1.165) is 12.1 Å². The SMILES string of the molecule is CC(O)CCNC(=O)Nc1ccc2c(c1)Cc1ccccc1-2. The second-order valence-electron chi connectivity index (χ2n) is 5.72. The van der Waals surface area contributed by atoms with Gasteiger partial charge in [-0.3, -0.25) is 0 Å². The molecule has 4 nitrogen and oxygen atoms in total. The number of amides is 2. The molecule has 2 aromatic carbocycles. The highest BCUT2D eigenvalue weighted by molar-refractivity contribution is 5.90. The van der Waals surface area contributed by atoms with Crippen molar-refractivity contribution in [2.75, 3.05) is 11.9 Å². The van der Waals surface area contributed by atoms with Gasteiger partial charge in [0.05, 0.1) is 6.10 Å². The Bertz CT molecular complexity index is 695. The molecule has 1 aliphatic carbocycles. The van der Waals surface area contributed by atoms with Crippen molar-refractivity contribution in [3.8, 4) is 11.1 Å². The summed E-state index contributed by atoms with van der Waals surface area (Å²) in [5, 5.41) is 14.8. The summed E-state index contributed by atoms with van der Waals surface area (Å²) in [4.78, 5) is 11.8. The highest BCUT2D eigenvalue weighted by Gasteiger charge is 2.18. The van der Waals surface area contributed by atoms with Gasteiger partial charge in [0, 0.05) is 12.2 Å². The van der Waals surface area contributed by atoms with Gasteiger partial charge in [0.25, 0.3) is 0 Å². The summed E-state index contributed by atoms with van der Waals surface area (Å²) in [5.41, 5.74) is 5.89. The van der Waals surface area contributed by atoms with E-state index in [4.69, 9.17) is 0 Å². The molecule has 22 heavy (non-hydrogen) atoms. The van der Waals surface area contributed by atoms with Crippen LogP contribution in [-0.2, 0) is 6.42 Å². The lowest BCUT2D eigenvalue weighted by Gasteiger charge is -2.10. The number of nitrogens with one attached hydrogen (secondary N) is 2. The minimum Gasteiger partial charge on any atom is -0.393 e. The van der Waals surface area contributed by atoms with E-state index >= 15 is 0 Å². The van der Waals surface area contributed by atoms with E-state index in [9.17, 15) is 9.90 Å². The van der Waals surface area contributed by atoms with Gasteiger partial charge in [-0.25, -0.2) is 4.79 Å². The van der Waals surface area contributed by atoms with Crippen LogP contribution in [0, 0.1) is 0 Å². The Hall–Kier alpha value is -2.33. The van der Waals surface area contributed by atoms with Crippen molar-refractivity contribution < 1.29 is 9.90 Å². The van der Waals surface area contributed by atoms with Crippen LogP contribution in [0.5, 0.6) is 0 Å². The molecule has 0 saturated heterocycles. The predicted octanol–water partition coefficient (Wildman–Crippen LogP) is 3.15. The highest BCUT2D eigenvalue weighted by Crippen LogP contribution is 2.37. The van der Waals surface area contributed by atoms with Gasteiger partial charge < -0.3 is 15.7 Å². The average molecular weight is 296 g/mol. The predicted molar refractivity (Wildman–Crippen MR) is 88.0 cm³/mol. The minimum atomic E-state index is -0.404. The molecule has 2 aromatic rings. The van der Waals surface area contributed by atoms with Crippen LogP contribution in [0.25, 0.3) is 11.1 Å². The molecule has 0 saturated carbocycles. The molecule has 1 aliphatic rings. The Labute approximate surface area is 130 Å². The zero-order valence-electron chi connectivity index (χ0n) is 12.6. The van der Waals surface area contributed by atoms with Crippen molar-refractivity contribution in [1.82, 2.24) is 5.32 Å². The number of urea groups is 1. The summed E-state index contributed by atoms with van der Waals surface area (Å²) in [7, 11) is 0. The zero-order chi connectivity index (χ0) is 15.5. The van der Waals surface area contributed by atoms with Crippen LogP contribution in [0.1, 0.15) is 24.5 Å². The van der Waals surface area contributed by atoms with E-state index in [0.29, 0.717) is 13.0 Å². The van der Waals surface area contributed by atoms with Gasteiger partial charge in [-0.05, 0) is 54.2 Å². The Morgan fingerprint density at radius 3 is 2.77 bits per heavy atom. The number of fused-ring (bicyclic) bond motifs is 3. The first-order chi connectivity index (χ1) is 10.6. The molecule has 0 spiro atoms. The topological polar surface area (TPSA) is 61.4 Å². The summed E-state index contributed by atoms with van der Waals surface area (Å²) >= 11 is 0. The molecular weight excluding hydrogens is 276 g/mol. The smallest absolute Gasteiger partial charge is 0.319 e. The Morgan fingerprint density at radius 1 is 1.18 bits per heavy atom. The summed E-state index contributed by atoms with van der Waals surface area (Å²) in [6.07, 6.45) is 1.05. The van der Waals surface area contributed by atoms with Crippen LogP contribution >= 0.6 is 0 Å². The Morgan fingerprint density at radius 2 is 1.95 bits per heavy atom. The summed E-state index contributed by atoms with van der Waals surface area (Å²) in [5.74, 6) is 0. The fraction of sp³-hybridized carbons (Fsp3) is 0.278. The largest absolute Gasteiger partial charge is 0.393 e. The molecule has 3 rings (SSSR count). The fourth-order valence-electron chi connectivity index (χ4n) is 2.79. The van der Waals surface area contributed by atoms with Gasteiger partial charge in [0.1, 0.15) is 0 Å². The number of hydrogen-bond donors (Lipinski definition) is 3. The first-order valence-electron chi connectivity index (χ1n) is 7.57. The molecule has 0 aliphatic heterocycles. The van der Waals surface area contributed by atoms with Crippen molar-refractivity contribution in [2.45, 2.75) is 25.9 Å². The summed E-state index contributed by atoms with van der Waals surface area (Å²) in [6, 6.07) is 14.2. The highest BCUT2D eigenvalue weighted by atomic mass is 16.3. The second kappa shape index (κ2) is 6.20. The monoisotopic (exact) mass is 296 g/mol. The van der Waals surface area contributed by atoms with Crippen LogP contribution < -0.4 is 10.6 Å². The summed E-state index contributed by atoms with van der Waals surface area (Å²) in [6.45, 7) is 2.16. The number of carbonyl (C=O) groups excluding carboxylic acids is 1. The Kier molecular flexibility index (Phi) is 4.11. The third-order valence-corrected chi connectivity index (χ3v) is 3.90. The number of hydrogen-bond acceptors (Lipinski definition) is 2. The third-order valence-electron chi connectivity index (χ3n) is 3.90. The molecule has 2 amide bonds. The lowest BCUT2D eigenvalue weighted by molar-refractivity contribution is 0.184. The van der Waals surface area contributed by atoms with Crippen molar-refractivity contribution >= 4 is 11.7 Å². The van der Waals surface area contributed by atoms with Gasteiger partial charge in [-0.1, -0.05) is 30.3 Å². The number of aliphatic hydroxyl groups is 1. The number of aliphatic hydroxyl groups excluding tert-OH is 1. The van der Waals surface area contributed by atoms with Gasteiger partial charge in [-0.15, -0.1) is 0 Å². The van der Waals surface area contributed by atoms with Crippen molar-refractivity contribution in [1.29, 1.82) is 0 Å². The molecule has 0 fully saturated rings. The van der Waals surface area contributed by atoms with E-state index in [1.54, 1.807) is 6.92 Å². The minimum absolute atomic E-state index is 0.240. The normalized spacial score (nSPS) is 13.2. The van der Waals surface area contributed by atoms with Crippen molar-refractivity contribution in [3.05, 3.63) is 53.6 Å².